The molecule has 0 radical (unpaired) electrons. The van der Waals surface area contributed by atoms with Gasteiger partial charge in [0.05, 0.1) is 19.0 Å². The van der Waals surface area contributed by atoms with E-state index < -0.39 is 23.3 Å². The number of hydrogen-bond acceptors (Lipinski definition) is 5. The minimum Gasteiger partial charge on any atom is -0.497 e. The van der Waals surface area contributed by atoms with Crippen LogP contribution >= 0.6 is 0 Å². The maximum absolute atomic E-state index is 11.0. The highest BCUT2D eigenvalue weighted by Crippen LogP contribution is 2.21. The van der Waals surface area contributed by atoms with Crippen LogP contribution in [0.3, 0.4) is 0 Å². The molecule has 0 saturated carbocycles. The van der Waals surface area contributed by atoms with Crippen LogP contribution < -0.4 is 4.74 Å². The lowest BCUT2D eigenvalue weighted by Crippen LogP contribution is -2.13. The van der Waals surface area contributed by atoms with Gasteiger partial charge in [-0.05, 0) is 24.3 Å². The first kappa shape index (κ1) is 13.5. The molecular weight excluding hydrogens is 264 g/mol. The molecule has 0 aliphatic rings. The van der Waals surface area contributed by atoms with E-state index >= 15 is 0 Å². The van der Waals surface area contributed by atoms with Gasteiger partial charge in [-0.15, -0.1) is 0 Å². The van der Waals surface area contributed by atoms with Crippen LogP contribution in [0.5, 0.6) is 5.75 Å². The maximum atomic E-state index is 11.0. The highest BCUT2D eigenvalue weighted by atomic mass is 16.5. The molecule has 1 heterocycles. The van der Waals surface area contributed by atoms with E-state index in [1.807, 2.05) is 0 Å². The van der Waals surface area contributed by atoms with Crippen LogP contribution in [-0.2, 0) is 0 Å². The molecule has 0 aliphatic carbocycles. The molecule has 7 nitrogen and oxygen atoms in total. The second kappa shape index (κ2) is 5.35. The summed E-state index contributed by atoms with van der Waals surface area (Å²) in [5.74, 6) is -2.23. The van der Waals surface area contributed by atoms with E-state index in [1.54, 1.807) is 24.3 Å². The molecule has 20 heavy (non-hydrogen) atoms. The van der Waals surface area contributed by atoms with E-state index in [9.17, 15) is 9.59 Å². The van der Waals surface area contributed by atoms with Crippen molar-refractivity contribution in [2.45, 2.75) is 0 Å². The third-order valence-electron chi connectivity index (χ3n) is 2.56. The Labute approximate surface area is 113 Å². The van der Waals surface area contributed by atoms with Gasteiger partial charge in [-0.3, -0.25) is 0 Å². The highest BCUT2D eigenvalue weighted by Gasteiger charge is 2.20. The number of methoxy groups -OCH3 is 1. The number of rotatable bonds is 4. The van der Waals surface area contributed by atoms with E-state index in [0.717, 1.165) is 0 Å². The second-order valence-corrected chi connectivity index (χ2v) is 3.79. The average molecular weight is 274 g/mol. The molecule has 1 aromatic carbocycles. The van der Waals surface area contributed by atoms with Crippen LogP contribution in [0.1, 0.15) is 21.0 Å². The molecule has 2 rings (SSSR count). The molecule has 0 spiro atoms. The van der Waals surface area contributed by atoms with E-state index in [0.29, 0.717) is 11.3 Å². The van der Waals surface area contributed by atoms with Crippen molar-refractivity contribution in [2.75, 3.05) is 7.11 Å². The Morgan fingerprint density at radius 2 is 1.65 bits per heavy atom. The van der Waals surface area contributed by atoms with Crippen LogP contribution in [0.4, 0.5) is 0 Å². The van der Waals surface area contributed by atoms with Gasteiger partial charge in [0, 0.05) is 5.56 Å². The Kier molecular flexibility index (Phi) is 3.60. The van der Waals surface area contributed by atoms with Crippen molar-refractivity contribution >= 4 is 11.9 Å². The number of aromatic nitrogens is 2. The largest absolute Gasteiger partial charge is 0.497 e. The quantitative estimate of drug-likeness (QED) is 0.870. The molecule has 2 N–H and O–H groups in total. The molecule has 0 aliphatic heterocycles. The van der Waals surface area contributed by atoms with Crippen molar-refractivity contribution in [3.8, 4) is 17.0 Å². The van der Waals surface area contributed by atoms with Crippen LogP contribution in [0.25, 0.3) is 11.3 Å². The van der Waals surface area contributed by atoms with Gasteiger partial charge >= 0.3 is 11.9 Å². The van der Waals surface area contributed by atoms with Crippen LogP contribution in [0.2, 0.25) is 0 Å². The zero-order valence-electron chi connectivity index (χ0n) is 10.4. The summed E-state index contributed by atoms with van der Waals surface area (Å²) in [5, 5.41) is 17.8. The third kappa shape index (κ3) is 2.56. The molecule has 0 atom stereocenters. The summed E-state index contributed by atoms with van der Waals surface area (Å²) in [6.45, 7) is 0. The van der Waals surface area contributed by atoms with E-state index in [1.165, 1.54) is 13.3 Å². The minimum absolute atomic E-state index is 0.273. The molecule has 0 fully saturated rings. The fourth-order valence-corrected chi connectivity index (χ4v) is 1.60. The lowest BCUT2D eigenvalue weighted by atomic mass is 10.1. The summed E-state index contributed by atoms with van der Waals surface area (Å²) < 4.78 is 5.01. The summed E-state index contributed by atoms with van der Waals surface area (Å²) in [7, 11) is 1.53. The van der Waals surface area contributed by atoms with Crippen molar-refractivity contribution in [1.29, 1.82) is 0 Å². The van der Waals surface area contributed by atoms with Crippen LogP contribution in [0, 0.1) is 0 Å². The molecule has 0 amide bonds. The lowest BCUT2D eigenvalue weighted by molar-refractivity contribution is 0.0641. The number of hydrogen-bond donors (Lipinski definition) is 2. The van der Waals surface area contributed by atoms with Gasteiger partial charge in [0.15, 0.2) is 11.4 Å². The third-order valence-corrected chi connectivity index (χ3v) is 2.56. The fourth-order valence-electron chi connectivity index (χ4n) is 1.60. The number of ether oxygens (including phenoxy) is 1. The molecule has 0 saturated heterocycles. The number of benzene rings is 1. The summed E-state index contributed by atoms with van der Waals surface area (Å²) in [4.78, 5) is 29.4. The topological polar surface area (TPSA) is 110 Å². The van der Waals surface area contributed by atoms with Gasteiger partial charge in [-0.25, -0.2) is 19.6 Å². The van der Waals surface area contributed by atoms with Crippen LogP contribution in [0.15, 0.2) is 30.5 Å². The van der Waals surface area contributed by atoms with E-state index in [-0.39, 0.29) is 5.69 Å². The van der Waals surface area contributed by atoms with Crippen LogP contribution in [-0.4, -0.2) is 39.2 Å². The van der Waals surface area contributed by atoms with Gasteiger partial charge in [0.2, 0.25) is 0 Å². The maximum Gasteiger partial charge on any atom is 0.357 e. The summed E-state index contributed by atoms with van der Waals surface area (Å²) in [6, 6.07) is 6.72. The Hall–Kier alpha value is -2.96. The van der Waals surface area contributed by atoms with Gasteiger partial charge in [-0.1, -0.05) is 0 Å². The first-order valence-electron chi connectivity index (χ1n) is 5.51. The van der Waals surface area contributed by atoms with Gasteiger partial charge < -0.3 is 14.9 Å². The molecule has 7 heteroatoms. The summed E-state index contributed by atoms with van der Waals surface area (Å²) in [5.41, 5.74) is -0.298. The number of carboxylic acid groups (broad SMARTS) is 2. The van der Waals surface area contributed by atoms with E-state index in [2.05, 4.69) is 9.97 Å². The Balaban J connectivity index is 2.49. The second-order valence-electron chi connectivity index (χ2n) is 3.79. The predicted octanol–water partition coefficient (Wildman–Crippen LogP) is 1.55. The number of carboxylic acids is 2. The normalized spacial score (nSPS) is 10.1. The first-order chi connectivity index (χ1) is 9.52. The zero-order chi connectivity index (χ0) is 14.7. The summed E-state index contributed by atoms with van der Waals surface area (Å²) in [6.07, 6.45) is 1.22. The van der Waals surface area contributed by atoms with Crippen molar-refractivity contribution in [3.63, 3.8) is 0 Å². The standard InChI is InChI=1S/C13H10N2O5/c1-20-8-4-2-7(3-5-8)9-6-14-10(12(16)17)11(15-9)13(18)19/h2-6H,1H3,(H,16,17)(H,18,19). The van der Waals surface area contributed by atoms with Crippen molar-refractivity contribution in [1.82, 2.24) is 9.97 Å². The monoisotopic (exact) mass is 274 g/mol. The number of nitrogens with zero attached hydrogens (tertiary/aromatic N) is 2. The Morgan fingerprint density at radius 3 is 2.15 bits per heavy atom. The average Bonchev–Trinajstić information content (AvgIpc) is 2.46. The van der Waals surface area contributed by atoms with Gasteiger partial charge in [0.1, 0.15) is 5.75 Å². The Morgan fingerprint density at radius 1 is 1.05 bits per heavy atom. The van der Waals surface area contributed by atoms with E-state index in [4.69, 9.17) is 14.9 Å². The fraction of sp³-hybridized carbons (Fsp3) is 0.0769. The Bertz CT molecular complexity index is 667. The van der Waals surface area contributed by atoms with Gasteiger partial charge in [-0.2, -0.15) is 0 Å². The molecule has 0 unspecified atom stereocenters. The predicted molar refractivity (Wildman–Crippen MR) is 67.9 cm³/mol. The van der Waals surface area contributed by atoms with Crippen molar-refractivity contribution in [2.24, 2.45) is 0 Å². The molecular formula is C13H10N2O5. The lowest BCUT2D eigenvalue weighted by Gasteiger charge is -2.05. The van der Waals surface area contributed by atoms with Gasteiger partial charge in [0.25, 0.3) is 0 Å². The SMILES string of the molecule is COc1ccc(-c2cnc(C(=O)O)c(C(=O)O)n2)cc1. The molecule has 0 bridgehead atoms. The van der Waals surface area contributed by atoms with Crippen molar-refractivity contribution in [3.05, 3.63) is 41.9 Å². The highest BCUT2D eigenvalue weighted by molar-refractivity contribution is 5.99. The first-order valence-corrected chi connectivity index (χ1v) is 5.51. The minimum atomic E-state index is -1.44. The van der Waals surface area contributed by atoms with Crippen molar-refractivity contribution < 1.29 is 24.5 Å². The smallest absolute Gasteiger partial charge is 0.357 e. The summed E-state index contributed by atoms with van der Waals surface area (Å²) >= 11 is 0. The molecule has 1 aromatic heterocycles. The number of aromatic carboxylic acids is 2. The molecule has 102 valence electrons. The zero-order valence-corrected chi connectivity index (χ0v) is 10.4. The molecule has 2 aromatic rings. The number of carbonyl (C=O) groups is 2.